The van der Waals surface area contributed by atoms with Gasteiger partial charge in [0.1, 0.15) is 5.82 Å². The Bertz CT molecular complexity index is 504. The summed E-state index contributed by atoms with van der Waals surface area (Å²) in [6, 6.07) is 3.98. The van der Waals surface area contributed by atoms with E-state index in [1.54, 1.807) is 4.90 Å². The van der Waals surface area contributed by atoms with E-state index < -0.39 is 11.7 Å². The molecule has 0 aromatic heterocycles. The average Bonchev–Trinajstić information content (AvgIpc) is 2.48. The summed E-state index contributed by atoms with van der Waals surface area (Å²) < 4.78 is 13.9. The molecule has 0 radical (unpaired) electrons. The number of carbonyl (C=O) groups is 1. The molecule has 1 amide bonds. The SMILES string of the molecule is CN1CCC(N(CCO)C(=O)c2cc(Cl)ccc2F)CC1. The zero-order chi connectivity index (χ0) is 15.4. The number of rotatable bonds is 4. The van der Waals surface area contributed by atoms with Crippen LogP contribution < -0.4 is 0 Å². The number of carbonyl (C=O) groups excluding carboxylic acids is 1. The normalized spacial score (nSPS) is 17.0. The zero-order valence-electron chi connectivity index (χ0n) is 12.1. The third-order valence-corrected chi connectivity index (χ3v) is 4.12. The van der Waals surface area contributed by atoms with Crippen molar-refractivity contribution in [3.63, 3.8) is 0 Å². The van der Waals surface area contributed by atoms with Crippen LogP contribution >= 0.6 is 11.6 Å². The molecular formula is C15H20ClFN2O2. The number of piperidine rings is 1. The van der Waals surface area contributed by atoms with Crippen LogP contribution in [0, 0.1) is 5.82 Å². The molecular weight excluding hydrogens is 295 g/mol. The molecule has 0 bridgehead atoms. The number of hydrogen-bond acceptors (Lipinski definition) is 3. The van der Waals surface area contributed by atoms with E-state index in [9.17, 15) is 14.3 Å². The fourth-order valence-electron chi connectivity index (χ4n) is 2.68. The van der Waals surface area contributed by atoms with E-state index in [0.717, 1.165) is 25.9 Å². The number of benzene rings is 1. The lowest BCUT2D eigenvalue weighted by Gasteiger charge is -2.37. The Labute approximate surface area is 129 Å². The van der Waals surface area contributed by atoms with Crippen LogP contribution in [-0.4, -0.2) is 60.1 Å². The van der Waals surface area contributed by atoms with Gasteiger partial charge in [-0.15, -0.1) is 0 Å². The molecule has 1 fully saturated rings. The molecule has 0 aliphatic carbocycles. The van der Waals surface area contributed by atoms with Gasteiger partial charge in [-0.25, -0.2) is 4.39 Å². The average molecular weight is 315 g/mol. The fourth-order valence-corrected chi connectivity index (χ4v) is 2.85. The molecule has 6 heteroatoms. The molecule has 1 aromatic carbocycles. The summed E-state index contributed by atoms with van der Waals surface area (Å²) in [6.45, 7) is 1.84. The van der Waals surface area contributed by atoms with Crippen molar-refractivity contribution in [2.45, 2.75) is 18.9 Å². The largest absolute Gasteiger partial charge is 0.395 e. The van der Waals surface area contributed by atoms with Crippen LogP contribution in [0.15, 0.2) is 18.2 Å². The standard InChI is InChI=1S/C15H20ClFN2O2/c1-18-6-4-12(5-7-18)19(8-9-20)15(21)13-10-11(16)2-3-14(13)17/h2-3,10,12,20H,4-9H2,1H3. The molecule has 0 unspecified atom stereocenters. The molecule has 1 heterocycles. The Kier molecular flexibility index (Phi) is 5.56. The highest BCUT2D eigenvalue weighted by Gasteiger charge is 2.28. The first-order chi connectivity index (χ1) is 10.0. The van der Waals surface area contributed by atoms with Gasteiger partial charge in [-0.3, -0.25) is 4.79 Å². The Morgan fingerprint density at radius 1 is 1.48 bits per heavy atom. The predicted molar refractivity (Wildman–Crippen MR) is 80.1 cm³/mol. The topological polar surface area (TPSA) is 43.8 Å². The molecule has 4 nitrogen and oxygen atoms in total. The summed E-state index contributed by atoms with van der Waals surface area (Å²) in [5.74, 6) is -0.987. The molecule has 2 rings (SSSR count). The molecule has 1 aliphatic rings. The van der Waals surface area contributed by atoms with Crippen molar-refractivity contribution in [2.75, 3.05) is 33.3 Å². The van der Waals surface area contributed by atoms with Crippen LogP contribution in [0.1, 0.15) is 23.2 Å². The molecule has 0 spiro atoms. The smallest absolute Gasteiger partial charge is 0.257 e. The lowest BCUT2D eigenvalue weighted by atomic mass is 10.0. The maximum atomic E-state index is 13.9. The van der Waals surface area contributed by atoms with Crippen LogP contribution in [0.2, 0.25) is 5.02 Å². The number of hydrogen-bond donors (Lipinski definition) is 1. The van der Waals surface area contributed by atoms with Gasteiger partial charge >= 0.3 is 0 Å². The van der Waals surface area contributed by atoms with Crippen LogP contribution in [0.4, 0.5) is 4.39 Å². The first kappa shape index (κ1) is 16.2. The molecule has 1 N–H and O–H groups in total. The van der Waals surface area contributed by atoms with Gasteiger partial charge in [0.25, 0.3) is 5.91 Å². The number of likely N-dealkylation sites (tertiary alicyclic amines) is 1. The van der Waals surface area contributed by atoms with Crippen LogP contribution in [0.3, 0.4) is 0 Å². The second-order valence-electron chi connectivity index (χ2n) is 5.38. The lowest BCUT2D eigenvalue weighted by molar-refractivity contribution is 0.0535. The molecule has 0 atom stereocenters. The quantitative estimate of drug-likeness (QED) is 0.924. The first-order valence-corrected chi connectivity index (χ1v) is 7.46. The summed E-state index contributed by atoms with van der Waals surface area (Å²) in [4.78, 5) is 16.4. The van der Waals surface area contributed by atoms with Gasteiger partial charge in [0.05, 0.1) is 12.2 Å². The third kappa shape index (κ3) is 3.93. The van der Waals surface area contributed by atoms with E-state index in [-0.39, 0.29) is 24.8 Å². The maximum absolute atomic E-state index is 13.9. The van der Waals surface area contributed by atoms with Gasteiger partial charge in [-0.1, -0.05) is 11.6 Å². The Hall–Kier alpha value is -1.17. The van der Waals surface area contributed by atoms with E-state index in [0.29, 0.717) is 5.02 Å². The minimum atomic E-state index is -0.583. The van der Waals surface area contributed by atoms with E-state index in [2.05, 4.69) is 4.90 Å². The number of nitrogens with zero attached hydrogens (tertiary/aromatic N) is 2. The Morgan fingerprint density at radius 2 is 2.14 bits per heavy atom. The van der Waals surface area contributed by atoms with Gasteiger partial charge in [-0.05, 0) is 51.2 Å². The number of aliphatic hydroxyl groups is 1. The highest BCUT2D eigenvalue weighted by molar-refractivity contribution is 6.31. The van der Waals surface area contributed by atoms with Crippen LogP contribution in [-0.2, 0) is 0 Å². The molecule has 1 aromatic rings. The highest BCUT2D eigenvalue weighted by atomic mass is 35.5. The van der Waals surface area contributed by atoms with Gasteiger partial charge in [0.15, 0.2) is 0 Å². The fraction of sp³-hybridized carbons (Fsp3) is 0.533. The molecule has 116 valence electrons. The van der Waals surface area contributed by atoms with Gasteiger partial charge in [0.2, 0.25) is 0 Å². The third-order valence-electron chi connectivity index (χ3n) is 3.89. The summed E-state index contributed by atoms with van der Waals surface area (Å²) in [5, 5.41) is 9.54. The van der Waals surface area contributed by atoms with Gasteiger partial charge in [-0.2, -0.15) is 0 Å². The number of amides is 1. The number of halogens is 2. The molecule has 1 saturated heterocycles. The zero-order valence-corrected chi connectivity index (χ0v) is 12.8. The first-order valence-electron chi connectivity index (χ1n) is 7.08. The van der Waals surface area contributed by atoms with E-state index in [1.807, 2.05) is 7.05 Å². The van der Waals surface area contributed by atoms with Gasteiger partial charge < -0.3 is 14.9 Å². The second-order valence-corrected chi connectivity index (χ2v) is 5.82. The van der Waals surface area contributed by atoms with Crippen LogP contribution in [0.25, 0.3) is 0 Å². The highest BCUT2D eigenvalue weighted by Crippen LogP contribution is 2.21. The summed E-state index contributed by atoms with van der Waals surface area (Å²) in [6.07, 6.45) is 1.65. The van der Waals surface area contributed by atoms with Crippen molar-refractivity contribution in [1.82, 2.24) is 9.80 Å². The minimum Gasteiger partial charge on any atom is -0.395 e. The van der Waals surface area contributed by atoms with Crippen molar-refractivity contribution in [1.29, 1.82) is 0 Å². The van der Waals surface area contributed by atoms with Crippen LogP contribution in [0.5, 0.6) is 0 Å². The summed E-state index contributed by atoms with van der Waals surface area (Å²) >= 11 is 5.85. The Morgan fingerprint density at radius 3 is 2.76 bits per heavy atom. The predicted octanol–water partition coefficient (Wildman–Crippen LogP) is 2.01. The van der Waals surface area contributed by atoms with E-state index in [4.69, 9.17) is 11.6 Å². The summed E-state index contributed by atoms with van der Waals surface area (Å²) in [7, 11) is 2.03. The van der Waals surface area contributed by atoms with Gasteiger partial charge in [0, 0.05) is 17.6 Å². The molecule has 21 heavy (non-hydrogen) atoms. The number of aliphatic hydroxyl groups excluding tert-OH is 1. The molecule has 0 saturated carbocycles. The Balaban J connectivity index is 2.20. The van der Waals surface area contributed by atoms with E-state index >= 15 is 0 Å². The minimum absolute atomic E-state index is 0.0271. The van der Waals surface area contributed by atoms with Crippen molar-refractivity contribution < 1.29 is 14.3 Å². The maximum Gasteiger partial charge on any atom is 0.257 e. The second kappa shape index (κ2) is 7.20. The van der Waals surface area contributed by atoms with Crippen molar-refractivity contribution >= 4 is 17.5 Å². The van der Waals surface area contributed by atoms with E-state index in [1.165, 1.54) is 18.2 Å². The van der Waals surface area contributed by atoms with Crippen molar-refractivity contribution in [3.8, 4) is 0 Å². The van der Waals surface area contributed by atoms with Crippen molar-refractivity contribution in [3.05, 3.63) is 34.6 Å². The lowest BCUT2D eigenvalue weighted by Crippen LogP contribution is -2.47. The molecule has 1 aliphatic heterocycles. The van der Waals surface area contributed by atoms with Crippen molar-refractivity contribution in [2.24, 2.45) is 0 Å². The monoisotopic (exact) mass is 314 g/mol. The summed E-state index contributed by atoms with van der Waals surface area (Å²) in [5.41, 5.74) is -0.0325.